The first-order valence-corrected chi connectivity index (χ1v) is 8.50. The SMILES string of the molecule is CCC1CCC(O)(CNC(=O)c2ccc(I)c(O)c2)CC1. The lowest BCUT2D eigenvalue weighted by Gasteiger charge is -2.35. The van der Waals surface area contributed by atoms with Crippen LogP contribution < -0.4 is 5.32 Å². The Bertz CT molecular complexity index is 510. The Labute approximate surface area is 139 Å². The highest BCUT2D eigenvalue weighted by Gasteiger charge is 2.32. The van der Waals surface area contributed by atoms with Gasteiger partial charge in [-0.15, -0.1) is 0 Å². The van der Waals surface area contributed by atoms with Gasteiger partial charge in [-0.1, -0.05) is 13.3 Å². The Kier molecular flexibility index (Phi) is 5.48. The molecular formula is C16H22INO3. The molecule has 0 aromatic heterocycles. The van der Waals surface area contributed by atoms with Crippen molar-refractivity contribution in [2.45, 2.75) is 44.6 Å². The zero-order valence-corrected chi connectivity index (χ0v) is 14.4. The minimum Gasteiger partial charge on any atom is -0.507 e. The van der Waals surface area contributed by atoms with Crippen LogP contribution in [0.3, 0.4) is 0 Å². The smallest absolute Gasteiger partial charge is 0.251 e. The summed E-state index contributed by atoms with van der Waals surface area (Å²) in [5.41, 5.74) is -0.370. The second-order valence-electron chi connectivity index (χ2n) is 5.92. The lowest BCUT2D eigenvalue weighted by atomic mass is 9.78. The van der Waals surface area contributed by atoms with Gasteiger partial charge in [-0.3, -0.25) is 4.79 Å². The van der Waals surface area contributed by atoms with Gasteiger partial charge in [0.25, 0.3) is 5.91 Å². The van der Waals surface area contributed by atoms with E-state index in [9.17, 15) is 15.0 Å². The fourth-order valence-corrected chi connectivity index (χ4v) is 3.14. The van der Waals surface area contributed by atoms with E-state index in [2.05, 4.69) is 12.2 Å². The van der Waals surface area contributed by atoms with Crippen LogP contribution in [0.25, 0.3) is 0 Å². The largest absolute Gasteiger partial charge is 0.507 e. The van der Waals surface area contributed by atoms with Crippen molar-refractivity contribution in [3.05, 3.63) is 27.3 Å². The lowest BCUT2D eigenvalue weighted by molar-refractivity contribution is -0.00786. The number of phenolic OH excluding ortho intramolecular Hbond substituents is 1. The molecule has 1 fully saturated rings. The van der Waals surface area contributed by atoms with Gasteiger partial charge in [0.15, 0.2) is 0 Å². The van der Waals surface area contributed by atoms with Crippen LogP contribution in [0, 0.1) is 9.49 Å². The third-order valence-corrected chi connectivity index (χ3v) is 5.31. The molecule has 1 aromatic carbocycles. The minimum atomic E-state index is -0.785. The third kappa shape index (κ3) is 4.32. The summed E-state index contributed by atoms with van der Waals surface area (Å²) in [7, 11) is 0. The van der Waals surface area contributed by atoms with Gasteiger partial charge in [-0.25, -0.2) is 0 Å². The summed E-state index contributed by atoms with van der Waals surface area (Å²) < 4.78 is 0.709. The molecule has 1 aliphatic rings. The molecule has 1 aliphatic carbocycles. The normalized spacial score (nSPS) is 25.6. The van der Waals surface area contributed by atoms with E-state index < -0.39 is 5.60 Å². The number of carbonyl (C=O) groups excluding carboxylic acids is 1. The number of hydrogen-bond donors (Lipinski definition) is 3. The van der Waals surface area contributed by atoms with Crippen molar-refractivity contribution in [2.75, 3.05) is 6.54 Å². The molecule has 4 nitrogen and oxygen atoms in total. The van der Waals surface area contributed by atoms with Crippen molar-refractivity contribution in [3.8, 4) is 5.75 Å². The van der Waals surface area contributed by atoms with Crippen LogP contribution in [-0.4, -0.2) is 28.3 Å². The van der Waals surface area contributed by atoms with E-state index in [1.165, 1.54) is 6.07 Å². The van der Waals surface area contributed by atoms with E-state index in [0.29, 0.717) is 15.1 Å². The van der Waals surface area contributed by atoms with E-state index >= 15 is 0 Å². The van der Waals surface area contributed by atoms with Gasteiger partial charge in [0.2, 0.25) is 0 Å². The Morgan fingerprint density at radius 1 is 1.43 bits per heavy atom. The highest BCUT2D eigenvalue weighted by molar-refractivity contribution is 14.1. The number of phenols is 1. The van der Waals surface area contributed by atoms with Crippen LogP contribution >= 0.6 is 22.6 Å². The zero-order valence-electron chi connectivity index (χ0n) is 12.2. The lowest BCUT2D eigenvalue weighted by Crippen LogP contribution is -2.45. The van der Waals surface area contributed by atoms with Gasteiger partial charge in [0, 0.05) is 12.1 Å². The highest BCUT2D eigenvalue weighted by Crippen LogP contribution is 2.33. The van der Waals surface area contributed by atoms with E-state index in [4.69, 9.17) is 0 Å². The molecule has 0 bridgehead atoms. The summed E-state index contributed by atoms with van der Waals surface area (Å²) in [6.07, 6.45) is 4.68. The monoisotopic (exact) mass is 403 g/mol. The van der Waals surface area contributed by atoms with Gasteiger partial charge >= 0.3 is 0 Å². The molecule has 5 heteroatoms. The molecule has 0 unspecified atom stereocenters. The molecule has 0 saturated heterocycles. The Balaban J connectivity index is 1.90. The third-order valence-electron chi connectivity index (χ3n) is 4.40. The summed E-state index contributed by atoms with van der Waals surface area (Å²) in [4.78, 5) is 12.1. The van der Waals surface area contributed by atoms with Crippen molar-refractivity contribution in [2.24, 2.45) is 5.92 Å². The number of rotatable bonds is 4. The molecule has 3 N–H and O–H groups in total. The number of carbonyl (C=O) groups is 1. The van der Waals surface area contributed by atoms with Gasteiger partial charge < -0.3 is 15.5 Å². The predicted octanol–water partition coefficient (Wildman–Crippen LogP) is 3.06. The van der Waals surface area contributed by atoms with Crippen LogP contribution in [0.1, 0.15) is 49.4 Å². The van der Waals surface area contributed by atoms with Crippen LogP contribution in [0.4, 0.5) is 0 Å². The molecule has 1 saturated carbocycles. The summed E-state index contributed by atoms with van der Waals surface area (Å²) in [6.45, 7) is 2.45. The average Bonchev–Trinajstić information content (AvgIpc) is 2.48. The molecule has 21 heavy (non-hydrogen) atoms. The summed E-state index contributed by atoms with van der Waals surface area (Å²) in [5, 5.41) is 22.9. The topological polar surface area (TPSA) is 69.6 Å². The maximum atomic E-state index is 12.1. The highest BCUT2D eigenvalue weighted by atomic mass is 127. The fraction of sp³-hybridized carbons (Fsp3) is 0.562. The first kappa shape index (κ1) is 16.5. The van der Waals surface area contributed by atoms with Crippen LogP contribution in [0.2, 0.25) is 0 Å². The number of amides is 1. The molecule has 0 heterocycles. The Hall–Kier alpha value is -0.820. The summed E-state index contributed by atoms with van der Waals surface area (Å²) >= 11 is 2.01. The first-order chi connectivity index (χ1) is 9.93. The van der Waals surface area contributed by atoms with Gasteiger partial charge in [-0.05, 0) is 72.4 Å². The van der Waals surface area contributed by atoms with Crippen molar-refractivity contribution in [1.29, 1.82) is 0 Å². The van der Waals surface area contributed by atoms with Crippen molar-refractivity contribution in [3.63, 3.8) is 0 Å². The van der Waals surface area contributed by atoms with Gasteiger partial charge in [-0.2, -0.15) is 0 Å². The Morgan fingerprint density at radius 2 is 2.10 bits per heavy atom. The van der Waals surface area contributed by atoms with E-state index in [1.54, 1.807) is 12.1 Å². The van der Waals surface area contributed by atoms with E-state index in [1.807, 2.05) is 22.6 Å². The number of nitrogens with one attached hydrogen (secondary N) is 1. The van der Waals surface area contributed by atoms with E-state index in [0.717, 1.165) is 32.1 Å². The molecule has 0 spiro atoms. The second kappa shape index (κ2) is 6.96. The van der Waals surface area contributed by atoms with Crippen LogP contribution in [-0.2, 0) is 0 Å². The molecule has 0 radical (unpaired) electrons. The second-order valence-corrected chi connectivity index (χ2v) is 7.09. The van der Waals surface area contributed by atoms with Crippen molar-refractivity contribution in [1.82, 2.24) is 5.32 Å². The van der Waals surface area contributed by atoms with Gasteiger partial charge in [0.05, 0.1) is 9.17 Å². The van der Waals surface area contributed by atoms with E-state index in [-0.39, 0.29) is 18.2 Å². The Morgan fingerprint density at radius 3 is 2.67 bits per heavy atom. The summed E-state index contributed by atoms with van der Waals surface area (Å²) in [6, 6.07) is 4.83. The summed E-state index contributed by atoms with van der Waals surface area (Å²) in [5.74, 6) is 0.548. The fourth-order valence-electron chi connectivity index (χ4n) is 2.80. The molecule has 1 aromatic rings. The molecule has 0 atom stereocenters. The predicted molar refractivity (Wildman–Crippen MR) is 90.4 cm³/mol. The molecular weight excluding hydrogens is 381 g/mol. The maximum Gasteiger partial charge on any atom is 0.251 e. The maximum absolute atomic E-state index is 12.1. The van der Waals surface area contributed by atoms with Crippen LogP contribution in [0.15, 0.2) is 18.2 Å². The van der Waals surface area contributed by atoms with Crippen LogP contribution in [0.5, 0.6) is 5.75 Å². The quantitative estimate of drug-likeness (QED) is 0.677. The first-order valence-electron chi connectivity index (χ1n) is 7.42. The van der Waals surface area contributed by atoms with Crippen molar-refractivity contribution >= 4 is 28.5 Å². The molecule has 0 aliphatic heterocycles. The number of benzene rings is 1. The number of halogens is 1. The molecule has 1 amide bonds. The van der Waals surface area contributed by atoms with Crippen molar-refractivity contribution < 1.29 is 15.0 Å². The zero-order chi connectivity index (χ0) is 15.5. The standard InChI is InChI=1S/C16H22INO3/c1-2-11-5-7-16(21,8-6-11)10-18-15(20)12-3-4-13(17)14(19)9-12/h3-4,9,11,19,21H,2,5-8,10H2,1H3,(H,18,20). The number of aliphatic hydroxyl groups is 1. The number of hydrogen-bond acceptors (Lipinski definition) is 3. The average molecular weight is 403 g/mol. The number of aromatic hydroxyl groups is 1. The molecule has 2 rings (SSSR count). The van der Waals surface area contributed by atoms with Gasteiger partial charge in [0.1, 0.15) is 5.75 Å². The molecule has 116 valence electrons. The minimum absolute atomic E-state index is 0.102.